The molecule has 10 heteroatoms. The van der Waals surface area contributed by atoms with Crippen molar-refractivity contribution in [1.29, 1.82) is 5.26 Å². The van der Waals surface area contributed by atoms with Gasteiger partial charge in [0, 0.05) is 28.5 Å². The fourth-order valence-electron chi connectivity index (χ4n) is 5.22. The van der Waals surface area contributed by atoms with Crippen LogP contribution in [0.5, 0.6) is 5.75 Å². The third-order valence-electron chi connectivity index (χ3n) is 6.71. The van der Waals surface area contributed by atoms with Gasteiger partial charge in [0.1, 0.15) is 30.4 Å². The lowest BCUT2D eigenvalue weighted by Crippen LogP contribution is -2.74. The van der Waals surface area contributed by atoms with Crippen LogP contribution in [0.1, 0.15) is 49.3 Å². The minimum absolute atomic E-state index is 0.138. The number of amides is 1. The lowest BCUT2D eigenvalue weighted by atomic mass is 9.49. The smallest absolute Gasteiger partial charge is 0.251 e. The van der Waals surface area contributed by atoms with Crippen molar-refractivity contribution in [3.8, 4) is 17.5 Å². The molecule has 0 radical (unpaired) electrons. The van der Waals surface area contributed by atoms with E-state index in [1.165, 1.54) is 0 Å². The van der Waals surface area contributed by atoms with Gasteiger partial charge in [0.05, 0.1) is 29.1 Å². The Morgan fingerprint density at radius 3 is 2.50 bits per heavy atom. The molecule has 0 spiro atoms. The summed E-state index contributed by atoms with van der Waals surface area (Å²) in [6.07, 6.45) is 1.52. The van der Waals surface area contributed by atoms with Gasteiger partial charge in [-0.1, -0.05) is 44.5 Å². The van der Waals surface area contributed by atoms with Crippen LogP contribution in [-0.2, 0) is 11.3 Å². The Balaban J connectivity index is 1.43. The lowest BCUT2D eigenvalue weighted by Gasteiger charge is -2.63. The fraction of sp³-hybridized carbons (Fsp3) is 0.385. The standard InChI is InChI=1S/C26H28ClN5O4/c1-25(2)23(26(3,4)24(25)36-20-10-7-17(12-28)21(27)11-20)29-22(34)16-5-8-19(9-6-16)32-13-18(30-31-32)14-35-15-33/h5-11,13,23-24,33H,14-15H2,1-4H3,(H,29,34)/t23-,24-. The Morgan fingerprint density at radius 1 is 1.19 bits per heavy atom. The first-order chi connectivity index (χ1) is 17.1. The molecule has 1 aliphatic rings. The van der Waals surface area contributed by atoms with E-state index in [2.05, 4.69) is 43.3 Å². The summed E-state index contributed by atoms with van der Waals surface area (Å²) in [4.78, 5) is 13.1. The van der Waals surface area contributed by atoms with E-state index in [0.717, 1.165) is 5.69 Å². The van der Waals surface area contributed by atoms with Crippen molar-refractivity contribution >= 4 is 17.5 Å². The first-order valence-electron chi connectivity index (χ1n) is 11.5. The molecule has 0 bridgehead atoms. The average Bonchev–Trinajstić information content (AvgIpc) is 3.33. The zero-order valence-corrected chi connectivity index (χ0v) is 21.3. The summed E-state index contributed by atoms with van der Waals surface area (Å²) in [5.41, 5.74) is 1.54. The van der Waals surface area contributed by atoms with Crippen LogP contribution < -0.4 is 10.1 Å². The Hall–Kier alpha value is -3.45. The zero-order chi connectivity index (χ0) is 26.1. The highest BCUT2D eigenvalue weighted by Gasteiger charge is 2.64. The number of nitrogens with one attached hydrogen (secondary N) is 1. The summed E-state index contributed by atoms with van der Waals surface area (Å²) < 4.78 is 12.8. The molecule has 1 aliphatic carbocycles. The van der Waals surface area contributed by atoms with Crippen LogP contribution in [0, 0.1) is 22.2 Å². The van der Waals surface area contributed by atoms with E-state index in [1.807, 2.05) is 6.07 Å². The molecule has 2 aromatic carbocycles. The van der Waals surface area contributed by atoms with Crippen molar-refractivity contribution in [3.63, 3.8) is 0 Å². The molecular weight excluding hydrogens is 482 g/mol. The molecule has 0 aliphatic heterocycles. The molecule has 0 atom stereocenters. The van der Waals surface area contributed by atoms with E-state index < -0.39 is 0 Å². The van der Waals surface area contributed by atoms with E-state index in [-0.39, 0.29) is 42.3 Å². The SMILES string of the molecule is CC1(C)[C@H](NC(=O)c2ccc(-n3cc(COCO)nn3)cc2)C(C)(C)[C@H]1Oc1ccc(C#N)c(Cl)c1. The maximum absolute atomic E-state index is 13.1. The molecule has 3 aromatic rings. The number of carbonyl (C=O) groups is 1. The molecular formula is C26H28ClN5O4. The van der Waals surface area contributed by atoms with E-state index in [0.29, 0.717) is 27.6 Å². The number of carbonyl (C=O) groups excluding carboxylic acids is 1. The quantitative estimate of drug-likeness (QED) is 0.442. The average molecular weight is 510 g/mol. The molecule has 9 nitrogen and oxygen atoms in total. The van der Waals surface area contributed by atoms with Gasteiger partial charge in [-0.15, -0.1) is 5.10 Å². The predicted molar refractivity (Wildman–Crippen MR) is 133 cm³/mol. The molecule has 1 fully saturated rings. The molecule has 2 N–H and O–H groups in total. The summed E-state index contributed by atoms with van der Waals surface area (Å²) in [5, 5.41) is 29.4. The van der Waals surface area contributed by atoms with Crippen molar-refractivity contribution in [3.05, 3.63) is 70.5 Å². The van der Waals surface area contributed by atoms with Gasteiger partial charge < -0.3 is 19.9 Å². The third kappa shape index (κ3) is 4.80. The second kappa shape index (κ2) is 9.90. The van der Waals surface area contributed by atoms with Gasteiger partial charge in [0.25, 0.3) is 5.91 Å². The van der Waals surface area contributed by atoms with Gasteiger partial charge in [0.2, 0.25) is 0 Å². The van der Waals surface area contributed by atoms with E-state index in [1.54, 1.807) is 53.3 Å². The summed E-state index contributed by atoms with van der Waals surface area (Å²) >= 11 is 6.17. The number of nitrogens with zero attached hydrogens (tertiary/aromatic N) is 4. The maximum Gasteiger partial charge on any atom is 0.251 e. The Labute approximate surface area is 214 Å². The molecule has 1 aromatic heterocycles. The van der Waals surface area contributed by atoms with Crippen LogP contribution in [0.4, 0.5) is 0 Å². The summed E-state index contributed by atoms with van der Waals surface area (Å²) in [6, 6.07) is 14.0. The minimum atomic E-state index is -0.387. The van der Waals surface area contributed by atoms with Crippen molar-refractivity contribution in [2.24, 2.45) is 10.8 Å². The second-order valence-electron chi connectivity index (χ2n) is 9.98. The monoisotopic (exact) mass is 509 g/mol. The third-order valence-corrected chi connectivity index (χ3v) is 7.02. The van der Waals surface area contributed by atoms with Crippen molar-refractivity contribution in [2.45, 2.75) is 46.4 Å². The first-order valence-corrected chi connectivity index (χ1v) is 11.8. The fourth-order valence-corrected chi connectivity index (χ4v) is 5.43. The number of aliphatic hydroxyl groups is 1. The minimum Gasteiger partial charge on any atom is -0.489 e. The highest BCUT2D eigenvalue weighted by Crippen LogP contribution is 2.55. The van der Waals surface area contributed by atoms with Crippen LogP contribution in [0.25, 0.3) is 5.69 Å². The van der Waals surface area contributed by atoms with Crippen LogP contribution in [-0.4, -0.2) is 44.9 Å². The number of hydrogen-bond donors (Lipinski definition) is 2. The van der Waals surface area contributed by atoms with Gasteiger partial charge in [-0.3, -0.25) is 4.79 Å². The van der Waals surface area contributed by atoms with Crippen LogP contribution in [0.3, 0.4) is 0 Å². The van der Waals surface area contributed by atoms with Crippen molar-refractivity contribution in [2.75, 3.05) is 6.79 Å². The molecule has 0 saturated heterocycles. The Bertz CT molecular complexity index is 1280. The molecule has 1 heterocycles. The number of nitriles is 1. The lowest BCUT2D eigenvalue weighted by molar-refractivity contribution is -0.164. The van der Waals surface area contributed by atoms with Crippen molar-refractivity contribution in [1.82, 2.24) is 20.3 Å². The number of aromatic nitrogens is 3. The molecule has 188 valence electrons. The number of aliphatic hydroxyl groups excluding tert-OH is 1. The van der Waals surface area contributed by atoms with E-state index in [9.17, 15) is 4.79 Å². The number of rotatable bonds is 8. The molecule has 36 heavy (non-hydrogen) atoms. The number of benzene rings is 2. The van der Waals surface area contributed by atoms with Gasteiger partial charge in [-0.05, 0) is 36.4 Å². The highest BCUT2D eigenvalue weighted by atomic mass is 35.5. The van der Waals surface area contributed by atoms with Gasteiger partial charge in [0.15, 0.2) is 0 Å². The number of hydrogen-bond acceptors (Lipinski definition) is 7. The molecule has 1 amide bonds. The Morgan fingerprint density at radius 2 is 1.89 bits per heavy atom. The number of halogens is 1. The molecule has 0 unspecified atom stereocenters. The highest BCUT2D eigenvalue weighted by molar-refractivity contribution is 6.31. The Kier molecular flexibility index (Phi) is 7.05. The molecule has 4 rings (SSSR count). The number of ether oxygens (including phenoxy) is 2. The van der Waals surface area contributed by atoms with Gasteiger partial charge in [-0.25, -0.2) is 4.68 Å². The van der Waals surface area contributed by atoms with Crippen LogP contribution in [0.2, 0.25) is 5.02 Å². The topological polar surface area (TPSA) is 122 Å². The predicted octanol–water partition coefficient (Wildman–Crippen LogP) is 3.87. The van der Waals surface area contributed by atoms with Crippen LogP contribution in [0.15, 0.2) is 48.7 Å². The first kappa shape index (κ1) is 25.6. The van der Waals surface area contributed by atoms with E-state index >= 15 is 0 Å². The second-order valence-corrected chi connectivity index (χ2v) is 10.4. The zero-order valence-electron chi connectivity index (χ0n) is 20.5. The van der Waals surface area contributed by atoms with Crippen LogP contribution >= 0.6 is 11.6 Å². The normalized spacial score (nSPS) is 19.7. The summed E-state index contributed by atoms with van der Waals surface area (Å²) in [6.45, 7) is 8.01. The van der Waals surface area contributed by atoms with Gasteiger partial charge in [-0.2, -0.15) is 5.26 Å². The van der Waals surface area contributed by atoms with Gasteiger partial charge >= 0.3 is 0 Å². The summed E-state index contributed by atoms with van der Waals surface area (Å²) in [7, 11) is 0. The van der Waals surface area contributed by atoms with Crippen molar-refractivity contribution < 1.29 is 19.4 Å². The summed E-state index contributed by atoms with van der Waals surface area (Å²) in [5.74, 6) is 0.410. The maximum atomic E-state index is 13.1. The molecule has 1 saturated carbocycles. The largest absolute Gasteiger partial charge is 0.489 e. The van der Waals surface area contributed by atoms with E-state index in [4.69, 9.17) is 31.4 Å².